The van der Waals surface area contributed by atoms with Crippen LogP contribution in [-0.4, -0.2) is 16.2 Å². The molecule has 0 unspecified atom stereocenters. The number of aromatic nitrogens is 2. The van der Waals surface area contributed by atoms with Gasteiger partial charge in [-0.15, -0.1) is 0 Å². The van der Waals surface area contributed by atoms with Gasteiger partial charge in [0.2, 0.25) is 0 Å². The highest BCUT2D eigenvalue weighted by atomic mass is 16.5. The van der Waals surface area contributed by atoms with Crippen LogP contribution in [-0.2, 0) is 13.0 Å². The summed E-state index contributed by atoms with van der Waals surface area (Å²) in [7, 11) is 0. The third-order valence-corrected chi connectivity index (χ3v) is 3.20. The predicted octanol–water partition coefficient (Wildman–Crippen LogP) is 2.55. The highest BCUT2D eigenvalue weighted by molar-refractivity contribution is 5.53. The molecule has 2 aromatic rings. The second kappa shape index (κ2) is 4.90. The summed E-state index contributed by atoms with van der Waals surface area (Å²) in [5.41, 5.74) is 2.30. The van der Waals surface area contributed by atoms with E-state index < -0.39 is 0 Å². The first kappa shape index (κ1) is 11.4. The Morgan fingerprint density at radius 2 is 2.06 bits per heavy atom. The zero-order valence-corrected chi connectivity index (χ0v) is 10.5. The zero-order valence-electron chi connectivity index (χ0n) is 10.5. The molecule has 0 radical (unpaired) electrons. The minimum atomic E-state index is 0.602. The van der Waals surface area contributed by atoms with Crippen LogP contribution in [0.15, 0.2) is 28.8 Å². The fourth-order valence-corrected chi connectivity index (χ4v) is 1.85. The molecule has 1 N–H and O–H groups in total. The van der Waals surface area contributed by atoms with Crippen molar-refractivity contribution in [1.82, 2.24) is 15.5 Å². The molecule has 4 heteroatoms. The molecule has 94 valence electrons. The molecule has 0 spiro atoms. The lowest BCUT2D eigenvalue weighted by Gasteiger charge is -1.97. The van der Waals surface area contributed by atoms with Crippen molar-refractivity contribution < 1.29 is 4.52 Å². The van der Waals surface area contributed by atoms with E-state index in [0.717, 1.165) is 17.8 Å². The normalized spacial score (nSPS) is 14.9. The quantitative estimate of drug-likeness (QED) is 0.876. The van der Waals surface area contributed by atoms with Gasteiger partial charge in [-0.3, -0.25) is 0 Å². The smallest absolute Gasteiger partial charge is 0.257 e. The van der Waals surface area contributed by atoms with Gasteiger partial charge in [0.1, 0.15) is 0 Å². The molecule has 1 aromatic carbocycles. The summed E-state index contributed by atoms with van der Waals surface area (Å²) >= 11 is 0. The van der Waals surface area contributed by atoms with Gasteiger partial charge in [-0.25, -0.2) is 0 Å². The molecule has 0 amide bonds. The van der Waals surface area contributed by atoms with Gasteiger partial charge in [-0.2, -0.15) is 4.98 Å². The number of rotatable bonds is 5. The average Bonchev–Trinajstić information content (AvgIpc) is 3.14. The second-order valence-corrected chi connectivity index (χ2v) is 4.72. The van der Waals surface area contributed by atoms with Crippen LogP contribution in [0.2, 0.25) is 0 Å². The third kappa shape index (κ3) is 2.59. The van der Waals surface area contributed by atoms with Crippen LogP contribution >= 0.6 is 0 Å². The van der Waals surface area contributed by atoms with Gasteiger partial charge in [0.05, 0.1) is 6.54 Å². The van der Waals surface area contributed by atoms with E-state index in [4.69, 9.17) is 4.52 Å². The Hall–Kier alpha value is -1.68. The number of hydrogen-bond acceptors (Lipinski definition) is 4. The van der Waals surface area contributed by atoms with Crippen molar-refractivity contribution in [1.29, 1.82) is 0 Å². The highest BCUT2D eigenvalue weighted by Gasteiger charge is 2.21. The molecule has 1 aliphatic rings. The van der Waals surface area contributed by atoms with Gasteiger partial charge in [-0.05, 0) is 37.0 Å². The lowest BCUT2D eigenvalue weighted by Crippen LogP contribution is -2.16. The van der Waals surface area contributed by atoms with Crippen LogP contribution in [0.3, 0.4) is 0 Å². The number of nitrogens with zero attached hydrogens (tertiary/aromatic N) is 2. The summed E-state index contributed by atoms with van der Waals surface area (Å²) < 4.78 is 5.28. The van der Waals surface area contributed by atoms with Crippen LogP contribution in [0.1, 0.15) is 31.2 Å². The predicted molar refractivity (Wildman–Crippen MR) is 69.0 cm³/mol. The largest absolute Gasteiger partial charge is 0.334 e. The molecule has 1 aromatic heterocycles. The van der Waals surface area contributed by atoms with Gasteiger partial charge < -0.3 is 9.84 Å². The van der Waals surface area contributed by atoms with Crippen LogP contribution < -0.4 is 5.32 Å². The topological polar surface area (TPSA) is 51.0 Å². The molecule has 0 saturated heterocycles. The lowest BCUT2D eigenvalue weighted by atomic mass is 10.1. The van der Waals surface area contributed by atoms with Crippen molar-refractivity contribution in [3.05, 3.63) is 35.7 Å². The Kier molecular flexibility index (Phi) is 3.11. The maximum Gasteiger partial charge on any atom is 0.257 e. The maximum atomic E-state index is 5.28. The van der Waals surface area contributed by atoms with E-state index in [1.165, 1.54) is 18.4 Å². The first-order chi connectivity index (χ1) is 8.85. The lowest BCUT2D eigenvalue weighted by molar-refractivity contribution is 0.419. The van der Waals surface area contributed by atoms with Crippen molar-refractivity contribution in [3.63, 3.8) is 0 Å². The number of hydrogen-bond donors (Lipinski definition) is 1. The highest BCUT2D eigenvalue weighted by Crippen LogP contribution is 2.20. The van der Waals surface area contributed by atoms with Crippen LogP contribution in [0.5, 0.6) is 0 Å². The summed E-state index contributed by atoms with van der Waals surface area (Å²) in [5.74, 6) is 1.33. The summed E-state index contributed by atoms with van der Waals surface area (Å²) in [5, 5.41) is 7.36. The summed E-state index contributed by atoms with van der Waals surface area (Å²) in [6.07, 6.45) is 3.58. The van der Waals surface area contributed by atoms with Crippen molar-refractivity contribution in [2.75, 3.05) is 0 Å². The summed E-state index contributed by atoms with van der Waals surface area (Å²) in [6.45, 7) is 2.84. The van der Waals surface area contributed by atoms with Gasteiger partial charge in [0.15, 0.2) is 5.82 Å². The van der Waals surface area contributed by atoms with Gasteiger partial charge in [0, 0.05) is 11.6 Å². The van der Waals surface area contributed by atoms with E-state index in [1.807, 2.05) is 12.1 Å². The molecule has 0 aliphatic heterocycles. The molecule has 0 bridgehead atoms. The van der Waals surface area contributed by atoms with E-state index in [0.29, 0.717) is 18.5 Å². The Balaban J connectivity index is 1.70. The van der Waals surface area contributed by atoms with Crippen molar-refractivity contribution >= 4 is 0 Å². The number of nitrogens with one attached hydrogen (secondary N) is 1. The number of benzene rings is 1. The second-order valence-electron chi connectivity index (χ2n) is 4.72. The maximum absolute atomic E-state index is 5.28. The fourth-order valence-electron chi connectivity index (χ4n) is 1.85. The SMILES string of the molecule is CCc1ccc(-c2nc(CNC3CC3)no2)cc1. The molecular formula is C14H17N3O. The Bertz CT molecular complexity index is 514. The van der Waals surface area contributed by atoms with E-state index in [-0.39, 0.29) is 0 Å². The molecular weight excluding hydrogens is 226 g/mol. The molecule has 1 saturated carbocycles. The molecule has 3 rings (SSSR count). The monoisotopic (exact) mass is 243 g/mol. The van der Waals surface area contributed by atoms with Crippen molar-refractivity contribution in [2.45, 2.75) is 38.8 Å². The van der Waals surface area contributed by atoms with E-state index in [2.05, 4.69) is 34.5 Å². The minimum Gasteiger partial charge on any atom is -0.334 e. The standard InChI is InChI=1S/C14H17N3O/c1-2-10-3-5-11(6-4-10)14-16-13(17-18-14)9-15-12-7-8-12/h3-6,12,15H,2,7-9H2,1H3. The van der Waals surface area contributed by atoms with Gasteiger partial charge in [0.25, 0.3) is 5.89 Å². The van der Waals surface area contributed by atoms with Crippen LogP contribution in [0.25, 0.3) is 11.5 Å². The minimum absolute atomic E-state index is 0.602. The average molecular weight is 243 g/mol. The van der Waals surface area contributed by atoms with E-state index in [9.17, 15) is 0 Å². The molecule has 1 fully saturated rings. The summed E-state index contributed by atoms with van der Waals surface area (Å²) in [6, 6.07) is 8.92. The Labute approximate surface area is 106 Å². The first-order valence-electron chi connectivity index (χ1n) is 6.50. The first-order valence-corrected chi connectivity index (χ1v) is 6.50. The van der Waals surface area contributed by atoms with E-state index >= 15 is 0 Å². The van der Waals surface area contributed by atoms with Crippen LogP contribution in [0.4, 0.5) is 0 Å². The molecule has 1 heterocycles. The summed E-state index contributed by atoms with van der Waals surface area (Å²) in [4.78, 5) is 4.40. The molecule has 0 atom stereocenters. The van der Waals surface area contributed by atoms with Gasteiger partial charge >= 0.3 is 0 Å². The molecule has 4 nitrogen and oxygen atoms in total. The zero-order chi connectivity index (χ0) is 12.4. The Morgan fingerprint density at radius 1 is 1.28 bits per heavy atom. The van der Waals surface area contributed by atoms with Gasteiger partial charge in [-0.1, -0.05) is 24.2 Å². The Morgan fingerprint density at radius 3 is 2.72 bits per heavy atom. The fraction of sp³-hybridized carbons (Fsp3) is 0.429. The van der Waals surface area contributed by atoms with Crippen LogP contribution in [0, 0.1) is 0 Å². The molecule has 1 aliphatic carbocycles. The molecule has 18 heavy (non-hydrogen) atoms. The van der Waals surface area contributed by atoms with Crippen molar-refractivity contribution in [3.8, 4) is 11.5 Å². The number of aryl methyl sites for hydroxylation is 1. The van der Waals surface area contributed by atoms with Crippen molar-refractivity contribution in [2.24, 2.45) is 0 Å². The van der Waals surface area contributed by atoms with E-state index in [1.54, 1.807) is 0 Å². The third-order valence-electron chi connectivity index (χ3n) is 3.20.